The Kier molecular flexibility index (Phi) is 3.66. The summed E-state index contributed by atoms with van der Waals surface area (Å²) in [5, 5.41) is 0. The van der Waals surface area contributed by atoms with Crippen molar-refractivity contribution in [1.82, 2.24) is 14.3 Å². The van der Waals surface area contributed by atoms with Crippen molar-refractivity contribution in [3.63, 3.8) is 0 Å². The first-order chi connectivity index (χ1) is 8.83. The third-order valence-corrected chi connectivity index (χ3v) is 4.13. The van der Waals surface area contributed by atoms with Gasteiger partial charge in [-0.1, -0.05) is 28.8 Å². The summed E-state index contributed by atoms with van der Waals surface area (Å²) in [6.45, 7) is 3.47. The Hall–Kier alpha value is -0.870. The molecule has 0 bridgehead atoms. The van der Waals surface area contributed by atoms with Crippen molar-refractivity contribution in [3.8, 4) is 0 Å². The largest absolute Gasteiger partial charge is 0.303 e. The first-order valence-corrected chi connectivity index (χ1v) is 7.46. The van der Waals surface area contributed by atoms with E-state index < -0.39 is 0 Å². The predicted molar refractivity (Wildman–Crippen MR) is 76.6 cm³/mol. The molecule has 1 aliphatic rings. The molecule has 96 valence electrons. The van der Waals surface area contributed by atoms with Crippen molar-refractivity contribution < 1.29 is 0 Å². The summed E-state index contributed by atoms with van der Waals surface area (Å²) in [7, 11) is 0. The van der Waals surface area contributed by atoms with Crippen LogP contribution in [0.4, 0.5) is 0 Å². The second-order valence-corrected chi connectivity index (χ2v) is 5.93. The van der Waals surface area contributed by atoms with E-state index in [2.05, 4.69) is 48.5 Å². The van der Waals surface area contributed by atoms with E-state index in [9.17, 15) is 0 Å². The maximum Gasteiger partial charge on any atom is 0.138 e. The Labute approximate surface area is 116 Å². The van der Waals surface area contributed by atoms with Crippen LogP contribution in [0.5, 0.6) is 0 Å². The van der Waals surface area contributed by atoms with Crippen LogP contribution in [0.3, 0.4) is 0 Å². The van der Waals surface area contributed by atoms with Crippen molar-refractivity contribution in [1.29, 1.82) is 0 Å². The van der Waals surface area contributed by atoms with Gasteiger partial charge in [-0.25, -0.2) is 4.98 Å². The maximum atomic E-state index is 4.47. The van der Waals surface area contributed by atoms with E-state index in [4.69, 9.17) is 0 Å². The number of fused-ring (bicyclic) bond motifs is 1. The lowest BCUT2D eigenvalue weighted by Crippen LogP contribution is -2.24. The number of halogens is 1. The summed E-state index contributed by atoms with van der Waals surface area (Å²) in [5.74, 6) is 0. The van der Waals surface area contributed by atoms with Crippen LogP contribution in [0.2, 0.25) is 0 Å². The standard InChI is InChI=1S/C14H18BrN3/c15-12-5-8-18-13(10-16-14(18)9-12)11-17-6-3-1-2-4-7-17/h5,8-10H,1-4,6-7,11H2. The summed E-state index contributed by atoms with van der Waals surface area (Å²) in [6, 6.07) is 4.13. The summed E-state index contributed by atoms with van der Waals surface area (Å²) in [6.07, 6.45) is 9.55. The first kappa shape index (κ1) is 12.2. The van der Waals surface area contributed by atoms with E-state index in [-0.39, 0.29) is 0 Å². The van der Waals surface area contributed by atoms with Gasteiger partial charge in [-0.05, 0) is 38.1 Å². The third kappa shape index (κ3) is 2.59. The van der Waals surface area contributed by atoms with E-state index in [1.165, 1.54) is 44.5 Å². The van der Waals surface area contributed by atoms with Crippen LogP contribution in [0.25, 0.3) is 5.65 Å². The highest BCUT2D eigenvalue weighted by Gasteiger charge is 2.12. The average molecular weight is 308 g/mol. The highest BCUT2D eigenvalue weighted by Crippen LogP contribution is 2.17. The molecule has 0 N–H and O–H groups in total. The fraction of sp³-hybridized carbons (Fsp3) is 0.500. The number of imidazole rings is 1. The molecule has 0 atom stereocenters. The van der Waals surface area contributed by atoms with Gasteiger partial charge in [-0.3, -0.25) is 4.90 Å². The molecule has 0 saturated carbocycles. The molecule has 3 nitrogen and oxygen atoms in total. The SMILES string of the molecule is Brc1ccn2c(CN3CCCCCC3)cnc2c1. The molecule has 18 heavy (non-hydrogen) atoms. The van der Waals surface area contributed by atoms with E-state index in [1.54, 1.807) is 0 Å². The number of hydrogen-bond donors (Lipinski definition) is 0. The molecule has 0 unspecified atom stereocenters. The zero-order chi connectivity index (χ0) is 12.4. The zero-order valence-corrected chi connectivity index (χ0v) is 12.1. The van der Waals surface area contributed by atoms with Crippen LogP contribution in [0.1, 0.15) is 31.4 Å². The Morgan fingerprint density at radius 1 is 1.17 bits per heavy atom. The summed E-state index contributed by atoms with van der Waals surface area (Å²) < 4.78 is 3.28. The smallest absolute Gasteiger partial charge is 0.138 e. The molecule has 0 aliphatic carbocycles. The van der Waals surface area contributed by atoms with Crippen molar-refractivity contribution in [2.75, 3.05) is 13.1 Å². The van der Waals surface area contributed by atoms with Crippen LogP contribution in [-0.2, 0) is 6.54 Å². The molecule has 1 fully saturated rings. The number of rotatable bonds is 2. The zero-order valence-electron chi connectivity index (χ0n) is 10.5. The van der Waals surface area contributed by atoms with Gasteiger partial charge in [0.25, 0.3) is 0 Å². The highest BCUT2D eigenvalue weighted by molar-refractivity contribution is 9.10. The van der Waals surface area contributed by atoms with Crippen molar-refractivity contribution in [2.24, 2.45) is 0 Å². The van der Waals surface area contributed by atoms with Gasteiger partial charge >= 0.3 is 0 Å². The van der Waals surface area contributed by atoms with E-state index >= 15 is 0 Å². The first-order valence-electron chi connectivity index (χ1n) is 6.67. The van der Waals surface area contributed by atoms with Gasteiger partial charge in [-0.15, -0.1) is 0 Å². The summed E-state index contributed by atoms with van der Waals surface area (Å²) >= 11 is 3.49. The quantitative estimate of drug-likeness (QED) is 0.847. The Morgan fingerprint density at radius 3 is 2.72 bits per heavy atom. The molecule has 0 spiro atoms. The summed E-state index contributed by atoms with van der Waals surface area (Å²) in [5.41, 5.74) is 2.31. The molecule has 1 saturated heterocycles. The maximum absolute atomic E-state index is 4.47. The van der Waals surface area contributed by atoms with Crippen molar-refractivity contribution in [2.45, 2.75) is 32.2 Å². The minimum atomic E-state index is 1.02. The van der Waals surface area contributed by atoms with Crippen LogP contribution in [0, 0.1) is 0 Å². The Balaban J connectivity index is 1.81. The Morgan fingerprint density at radius 2 is 1.94 bits per heavy atom. The fourth-order valence-electron chi connectivity index (χ4n) is 2.65. The van der Waals surface area contributed by atoms with E-state index in [1.807, 2.05) is 6.20 Å². The van der Waals surface area contributed by atoms with Gasteiger partial charge in [0.2, 0.25) is 0 Å². The average Bonchev–Trinajstić information content (AvgIpc) is 2.59. The number of pyridine rings is 1. The lowest BCUT2D eigenvalue weighted by atomic mass is 10.2. The van der Waals surface area contributed by atoms with Crippen LogP contribution < -0.4 is 0 Å². The summed E-state index contributed by atoms with van der Waals surface area (Å²) in [4.78, 5) is 7.03. The monoisotopic (exact) mass is 307 g/mol. The van der Waals surface area contributed by atoms with Crippen molar-refractivity contribution >= 4 is 21.6 Å². The topological polar surface area (TPSA) is 20.5 Å². The molecule has 3 rings (SSSR count). The molecular weight excluding hydrogens is 290 g/mol. The number of likely N-dealkylation sites (tertiary alicyclic amines) is 1. The minimum absolute atomic E-state index is 1.02. The van der Waals surface area contributed by atoms with Gasteiger partial charge in [0.15, 0.2) is 0 Å². The molecule has 2 aromatic heterocycles. The molecular formula is C14H18BrN3. The van der Waals surface area contributed by atoms with Gasteiger partial charge in [-0.2, -0.15) is 0 Å². The normalized spacial score (nSPS) is 18.1. The Bertz CT molecular complexity index is 527. The van der Waals surface area contributed by atoms with E-state index in [0.717, 1.165) is 16.7 Å². The molecule has 3 heterocycles. The minimum Gasteiger partial charge on any atom is -0.303 e. The highest BCUT2D eigenvalue weighted by atomic mass is 79.9. The lowest BCUT2D eigenvalue weighted by molar-refractivity contribution is 0.273. The second-order valence-electron chi connectivity index (χ2n) is 5.01. The fourth-order valence-corrected chi connectivity index (χ4v) is 2.97. The molecule has 2 aromatic rings. The molecule has 0 amide bonds. The van der Waals surface area contributed by atoms with Crippen molar-refractivity contribution in [3.05, 3.63) is 34.7 Å². The van der Waals surface area contributed by atoms with Gasteiger partial charge in [0.05, 0.1) is 11.9 Å². The number of nitrogens with zero attached hydrogens (tertiary/aromatic N) is 3. The lowest BCUT2D eigenvalue weighted by Gasteiger charge is -2.19. The van der Waals surface area contributed by atoms with E-state index in [0.29, 0.717) is 0 Å². The van der Waals surface area contributed by atoms with Crippen LogP contribution in [0.15, 0.2) is 29.0 Å². The molecule has 1 aliphatic heterocycles. The molecule has 0 radical (unpaired) electrons. The van der Waals surface area contributed by atoms with Crippen LogP contribution in [-0.4, -0.2) is 27.4 Å². The second kappa shape index (κ2) is 5.41. The molecule has 4 heteroatoms. The van der Waals surface area contributed by atoms with Gasteiger partial charge in [0, 0.05) is 17.2 Å². The third-order valence-electron chi connectivity index (χ3n) is 3.64. The van der Waals surface area contributed by atoms with Crippen LogP contribution >= 0.6 is 15.9 Å². The molecule has 0 aromatic carbocycles. The van der Waals surface area contributed by atoms with Gasteiger partial charge < -0.3 is 4.40 Å². The van der Waals surface area contributed by atoms with Gasteiger partial charge in [0.1, 0.15) is 5.65 Å². The predicted octanol–water partition coefficient (Wildman–Crippen LogP) is 3.47. The number of aromatic nitrogens is 2. The number of hydrogen-bond acceptors (Lipinski definition) is 2.